The Morgan fingerprint density at radius 1 is 1.10 bits per heavy atom. The number of methoxy groups -OCH3 is 1. The molecule has 2 aromatic heterocycles. The summed E-state index contributed by atoms with van der Waals surface area (Å²) in [6.07, 6.45) is 5.42. The van der Waals surface area contributed by atoms with Crippen LogP contribution in [0.4, 0.5) is 16.0 Å². The zero-order valence-corrected chi connectivity index (χ0v) is 23.1. The zero-order valence-electron chi connectivity index (χ0n) is 22.3. The summed E-state index contributed by atoms with van der Waals surface area (Å²) in [5.41, 5.74) is 1.88. The van der Waals surface area contributed by atoms with E-state index in [4.69, 9.17) is 14.5 Å². The largest absolute Gasteiger partial charge is 0.437 e. The van der Waals surface area contributed by atoms with Crippen molar-refractivity contribution in [2.75, 3.05) is 42.6 Å². The number of halogens is 1. The van der Waals surface area contributed by atoms with Crippen molar-refractivity contribution < 1.29 is 22.3 Å². The van der Waals surface area contributed by atoms with E-state index in [1.165, 1.54) is 13.2 Å². The fourth-order valence-electron chi connectivity index (χ4n) is 4.60. The predicted octanol–water partition coefficient (Wildman–Crippen LogP) is 4.48. The Bertz CT molecular complexity index is 1610. The fraction of sp³-hybridized carbons (Fsp3) is 0.321. The molecule has 1 atom stereocenters. The Hall–Kier alpha value is -3.87. The summed E-state index contributed by atoms with van der Waals surface area (Å²) in [6.45, 7) is 3.70. The molecule has 40 heavy (non-hydrogen) atoms. The second kappa shape index (κ2) is 12.1. The molecule has 12 heteroatoms. The molecule has 2 aromatic carbocycles. The third kappa shape index (κ3) is 6.30. The number of aryl methyl sites for hydroxylation is 1. The van der Waals surface area contributed by atoms with Crippen molar-refractivity contribution in [3.05, 3.63) is 66.2 Å². The van der Waals surface area contributed by atoms with Gasteiger partial charge in [0.05, 0.1) is 29.3 Å². The van der Waals surface area contributed by atoms with Crippen molar-refractivity contribution in [2.24, 2.45) is 0 Å². The standard InChI is InChI=1S/C28H31FN6O4S/c1-18-7-8-20-21(9-10-23(29)25(20)35-40(36,37)16-15-38-2)26(18)39-27-22(6-4-13-31-27)24-11-14-32-28(34-24)33-19-5-3-12-30-17-19/h4,6-11,13-14,19,30,35H,3,5,12,15-17H2,1-2H3,(H,32,33,34)/t19-/m0/s1. The van der Waals surface area contributed by atoms with Gasteiger partial charge in [-0.1, -0.05) is 12.1 Å². The van der Waals surface area contributed by atoms with E-state index < -0.39 is 15.8 Å². The number of nitrogens with one attached hydrogen (secondary N) is 3. The Kier molecular flexibility index (Phi) is 8.38. The summed E-state index contributed by atoms with van der Waals surface area (Å²) < 4.78 is 53.6. The molecular weight excluding hydrogens is 535 g/mol. The molecule has 5 rings (SSSR count). The molecule has 1 aliphatic heterocycles. The van der Waals surface area contributed by atoms with Crippen LogP contribution in [0.15, 0.2) is 54.9 Å². The zero-order chi connectivity index (χ0) is 28.1. The molecule has 10 nitrogen and oxygen atoms in total. The monoisotopic (exact) mass is 566 g/mol. The third-order valence-corrected chi connectivity index (χ3v) is 7.86. The van der Waals surface area contributed by atoms with E-state index >= 15 is 0 Å². The first-order valence-corrected chi connectivity index (χ1v) is 14.6. The number of ether oxygens (including phenoxy) is 2. The van der Waals surface area contributed by atoms with E-state index in [9.17, 15) is 12.8 Å². The first kappa shape index (κ1) is 27.7. The Morgan fingerprint density at radius 2 is 1.95 bits per heavy atom. The van der Waals surface area contributed by atoms with Crippen molar-refractivity contribution in [3.8, 4) is 22.9 Å². The van der Waals surface area contributed by atoms with Gasteiger partial charge < -0.3 is 20.1 Å². The third-order valence-electron chi connectivity index (χ3n) is 6.64. The minimum Gasteiger partial charge on any atom is -0.437 e. The highest BCUT2D eigenvalue weighted by Gasteiger charge is 2.20. The molecule has 3 heterocycles. The minimum atomic E-state index is -3.84. The molecule has 3 N–H and O–H groups in total. The Labute approximate surface area is 232 Å². The number of sulfonamides is 1. The van der Waals surface area contributed by atoms with E-state index in [0.29, 0.717) is 39.6 Å². The van der Waals surface area contributed by atoms with Crippen molar-refractivity contribution in [3.63, 3.8) is 0 Å². The average molecular weight is 567 g/mol. The molecule has 0 spiro atoms. The summed E-state index contributed by atoms with van der Waals surface area (Å²) in [5, 5.41) is 7.64. The van der Waals surface area contributed by atoms with Gasteiger partial charge in [0.15, 0.2) is 0 Å². The van der Waals surface area contributed by atoms with Crippen LogP contribution in [0.25, 0.3) is 22.0 Å². The van der Waals surface area contributed by atoms with Gasteiger partial charge in [0.2, 0.25) is 21.9 Å². The van der Waals surface area contributed by atoms with Gasteiger partial charge in [0, 0.05) is 42.9 Å². The van der Waals surface area contributed by atoms with E-state index in [0.717, 1.165) is 31.5 Å². The van der Waals surface area contributed by atoms with Crippen LogP contribution in [0.1, 0.15) is 18.4 Å². The Morgan fingerprint density at radius 3 is 2.75 bits per heavy atom. The number of benzene rings is 2. The molecule has 1 aliphatic rings. The van der Waals surface area contributed by atoms with Gasteiger partial charge >= 0.3 is 0 Å². The summed E-state index contributed by atoms with van der Waals surface area (Å²) in [4.78, 5) is 13.6. The van der Waals surface area contributed by atoms with Crippen molar-refractivity contribution in [1.82, 2.24) is 20.3 Å². The maximum absolute atomic E-state index is 14.9. The van der Waals surface area contributed by atoms with Gasteiger partial charge in [0.25, 0.3) is 0 Å². The van der Waals surface area contributed by atoms with Gasteiger partial charge in [-0.25, -0.2) is 27.8 Å². The Balaban J connectivity index is 1.49. The van der Waals surface area contributed by atoms with Crippen LogP contribution in [-0.2, 0) is 14.8 Å². The van der Waals surface area contributed by atoms with E-state index in [1.54, 1.807) is 42.7 Å². The highest BCUT2D eigenvalue weighted by molar-refractivity contribution is 7.92. The number of hydrogen-bond acceptors (Lipinski definition) is 9. The number of nitrogens with zero attached hydrogens (tertiary/aromatic N) is 3. The average Bonchev–Trinajstić information content (AvgIpc) is 2.96. The van der Waals surface area contributed by atoms with Crippen LogP contribution >= 0.6 is 0 Å². The van der Waals surface area contributed by atoms with Crippen LogP contribution in [0, 0.1) is 12.7 Å². The SMILES string of the molecule is COCCS(=O)(=O)Nc1c(F)ccc2c(Oc3ncccc3-c3ccnc(N[C@H]4CCCNC4)n3)c(C)ccc12. The topological polar surface area (TPSA) is 127 Å². The van der Waals surface area contributed by atoms with Crippen LogP contribution < -0.4 is 20.1 Å². The molecule has 0 radical (unpaired) electrons. The first-order chi connectivity index (χ1) is 19.3. The molecule has 0 saturated carbocycles. The van der Waals surface area contributed by atoms with Gasteiger partial charge in [-0.05, 0) is 62.2 Å². The van der Waals surface area contributed by atoms with E-state index in [1.807, 2.05) is 13.0 Å². The first-order valence-electron chi connectivity index (χ1n) is 13.0. The second-order valence-electron chi connectivity index (χ2n) is 9.55. The van der Waals surface area contributed by atoms with Crippen LogP contribution in [0.5, 0.6) is 11.6 Å². The molecule has 1 fully saturated rings. The lowest BCUT2D eigenvalue weighted by Gasteiger charge is -2.23. The minimum absolute atomic E-state index is 0.0184. The molecule has 0 aliphatic carbocycles. The van der Waals surface area contributed by atoms with E-state index in [-0.39, 0.29) is 24.1 Å². The van der Waals surface area contributed by atoms with Gasteiger partial charge in [-0.2, -0.15) is 0 Å². The molecule has 0 unspecified atom stereocenters. The van der Waals surface area contributed by atoms with Crippen LogP contribution in [0.2, 0.25) is 0 Å². The molecule has 1 saturated heterocycles. The fourth-order valence-corrected chi connectivity index (χ4v) is 5.61. The summed E-state index contributed by atoms with van der Waals surface area (Å²) >= 11 is 0. The number of hydrogen-bond donors (Lipinski definition) is 3. The highest BCUT2D eigenvalue weighted by atomic mass is 32.2. The quantitative estimate of drug-likeness (QED) is 0.255. The van der Waals surface area contributed by atoms with Crippen molar-refractivity contribution in [1.29, 1.82) is 0 Å². The smallest absolute Gasteiger partial charge is 0.235 e. The highest BCUT2D eigenvalue weighted by Crippen LogP contribution is 2.39. The molecular formula is C28H31FN6O4S. The van der Waals surface area contributed by atoms with Gasteiger partial charge in [-0.15, -0.1) is 0 Å². The lowest BCUT2D eigenvalue weighted by Crippen LogP contribution is -2.38. The molecule has 0 amide bonds. The van der Waals surface area contributed by atoms with Crippen LogP contribution in [-0.4, -0.2) is 62.0 Å². The predicted molar refractivity (Wildman–Crippen MR) is 153 cm³/mol. The number of pyridine rings is 1. The van der Waals surface area contributed by atoms with Crippen LogP contribution in [0.3, 0.4) is 0 Å². The summed E-state index contributed by atoms with van der Waals surface area (Å²) in [5.74, 6) is 0.238. The summed E-state index contributed by atoms with van der Waals surface area (Å²) in [7, 11) is -2.44. The number of fused-ring (bicyclic) bond motifs is 1. The number of aromatic nitrogens is 3. The number of anilines is 2. The number of rotatable bonds is 10. The lowest BCUT2D eigenvalue weighted by molar-refractivity contribution is 0.217. The van der Waals surface area contributed by atoms with Crippen molar-refractivity contribution >= 4 is 32.4 Å². The van der Waals surface area contributed by atoms with Crippen molar-refractivity contribution in [2.45, 2.75) is 25.8 Å². The maximum Gasteiger partial charge on any atom is 0.235 e. The van der Waals surface area contributed by atoms with Gasteiger partial charge in [-0.3, -0.25) is 4.72 Å². The van der Waals surface area contributed by atoms with Gasteiger partial charge in [0.1, 0.15) is 11.6 Å². The maximum atomic E-state index is 14.9. The lowest BCUT2D eigenvalue weighted by atomic mass is 10.0. The molecule has 0 bridgehead atoms. The normalized spacial score (nSPS) is 15.6. The van der Waals surface area contributed by atoms with E-state index in [2.05, 4.69) is 25.3 Å². The molecule has 4 aromatic rings. The number of piperidine rings is 1. The molecule has 210 valence electrons. The summed E-state index contributed by atoms with van der Waals surface area (Å²) in [6, 6.07) is 11.9. The second-order valence-corrected chi connectivity index (χ2v) is 11.4.